The Morgan fingerprint density at radius 3 is 2.67 bits per heavy atom. The van der Waals surface area contributed by atoms with Crippen LogP contribution in [0.4, 0.5) is 0 Å². The second-order valence-electron chi connectivity index (χ2n) is 4.49. The fraction of sp³-hybridized carbons (Fsp3) is 0.267. The molecule has 3 heteroatoms. The number of rotatable bonds is 3. The molecule has 1 heterocycles. The largest absolute Gasteiger partial charge is 0.388 e. The number of aryl methyl sites for hydroxylation is 1. The van der Waals surface area contributed by atoms with Crippen LogP contribution < -0.4 is 0 Å². The van der Waals surface area contributed by atoms with Crippen LogP contribution in [0.15, 0.2) is 42.6 Å². The molecule has 0 bridgehead atoms. The van der Waals surface area contributed by atoms with Gasteiger partial charge in [-0.1, -0.05) is 30.7 Å². The Kier molecular flexibility index (Phi) is 4.00. The summed E-state index contributed by atoms with van der Waals surface area (Å²) in [6, 6.07) is 11.3. The molecule has 2 nitrogen and oxygen atoms in total. The summed E-state index contributed by atoms with van der Waals surface area (Å²) in [4.78, 5) is 4.28. The average molecular weight is 262 g/mol. The number of hydrogen-bond acceptors (Lipinski definition) is 2. The summed E-state index contributed by atoms with van der Waals surface area (Å²) in [5.74, 6) is -0.0663. The van der Waals surface area contributed by atoms with Gasteiger partial charge in [-0.2, -0.15) is 0 Å². The Bertz CT molecular complexity index is 527. The summed E-state index contributed by atoms with van der Waals surface area (Å²) in [5.41, 5.74) is 2.78. The van der Waals surface area contributed by atoms with E-state index >= 15 is 0 Å². The molecule has 0 aliphatic heterocycles. The Hall–Kier alpha value is -1.38. The minimum absolute atomic E-state index is 0.0663. The molecule has 2 atom stereocenters. The minimum atomic E-state index is -0.599. The molecule has 1 N–H and O–H groups in total. The molecular weight excluding hydrogens is 246 g/mol. The van der Waals surface area contributed by atoms with Gasteiger partial charge in [0.1, 0.15) is 0 Å². The van der Waals surface area contributed by atoms with Crippen molar-refractivity contribution in [3.63, 3.8) is 0 Å². The molecule has 0 saturated carbocycles. The summed E-state index contributed by atoms with van der Waals surface area (Å²) >= 11 is 5.98. The van der Waals surface area contributed by atoms with E-state index in [2.05, 4.69) is 4.98 Å². The molecule has 1 aromatic heterocycles. The quantitative estimate of drug-likeness (QED) is 0.910. The van der Waals surface area contributed by atoms with Crippen LogP contribution in [-0.4, -0.2) is 10.1 Å². The molecule has 0 aliphatic rings. The van der Waals surface area contributed by atoms with E-state index in [1.54, 1.807) is 6.20 Å². The van der Waals surface area contributed by atoms with E-state index in [0.717, 1.165) is 16.8 Å². The second-order valence-corrected chi connectivity index (χ2v) is 4.93. The highest BCUT2D eigenvalue weighted by Crippen LogP contribution is 2.32. The topological polar surface area (TPSA) is 33.1 Å². The van der Waals surface area contributed by atoms with Crippen LogP contribution in [0, 0.1) is 6.92 Å². The van der Waals surface area contributed by atoms with E-state index in [4.69, 9.17) is 11.6 Å². The summed E-state index contributed by atoms with van der Waals surface area (Å²) in [7, 11) is 0. The summed E-state index contributed by atoms with van der Waals surface area (Å²) in [5, 5.41) is 11.1. The van der Waals surface area contributed by atoms with Crippen LogP contribution in [0.25, 0.3) is 0 Å². The first-order valence-corrected chi connectivity index (χ1v) is 6.32. The fourth-order valence-corrected chi connectivity index (χ4v) is 2.19. The highest BCUT2D eigenvalue weighted by Gasteiger charge is 2.20. The average Bonchev–Trinajstić information content (AvgIpc) is 2.41. The third-order valence-electron chi connectivity index (χ3n) is 3.19. The highest BCUT2D eigenvalue weighted by molar-refractivity contribution is 6.30. The highest BCUT2D eigenvalue weighted by atomic mass is 35.5. The van der Waals surface area contributed by atoms with Crippen LogP contribution >= 0.6 is 11.6 Å². The first-order valence-electron chi connectivity index (χ1n) is 5.94. The van der Waals surface area contributed by atoms with Gasteiger partial charge in [-0.05, 0) is 42.3 Å². The van der Waals surface area contributed by atoms with Crippen LogP contribution in [0.3, 0.4) is 0 Å². The number of aromatic nitrogens is 1. The van der Waals surface area contributed by atoms with Crippen LogP contribution in [0.1, 0.15) is 35.8 Å². The van der Waals surface area contributed by atoms with Crippen molar-refractivity contribution < 1.29 is 5.11 Å². The van der Waals surface area contributed by atoms with Crippen molar-refractivity contribution in [3.05, 3.63) is 64.4 Å². The van der Waals surface area contributed by atoms with Crippen molar-refractivity contribution in [2.24, 2.45) is 0 Å². The molecule has 18 heavy (non-hydrogen) atoms. The monoisotopic (exact) mass is 261 g/mol. The van der Waals surface area contributed by atoms with Gasteiger partial charge in [0.05, 0.1) is 6.10 Å². The van der Waals surface area contributed by atoms with Crippen molar-refractivity contribution in [1.29, 1.82) is 0 Å². The van der Waals surface area contributed by atoms with Crippen LogP contribution in [0.5, 0.6) is 0 Å². The lowest BCUT2D eigenvalue weighted by Gasteiger charge is -2.20. The number of benzene rings is 1. The smallest absolute Gasteiger partial charge is 0.0874 e. The Labute approximate surface area is 112 Å². The van der Waals surface area contributed by atoms with Crippen molar-refractivity contribution in [1.82, 2.24) is 4.98 Å². The van der Waals surface area contributed by atoms with E-state index in [1.807, 2.05) is 50.2 Å². The predicted octanol–water partition coefficient (Wildman–Crippen LogP) is 3.88. The van der Waals surface area contributed by atoms with Crippen molar-refractivity contribution >= 4 is 11.6 Å². The number of hydrogen-bond donors (Lipinski definition) is 1. The molecule has 0 spiro atoms. The fourth-order valence-electron chi connectivity index (χ4n) is 2.01. The molecule has 2 rings (SSSR count). The lowest BCUT2D eigenvalue weighted by Crippen LogP contribution is -2.10. The molecule has 0 fully saturated rings. The van der Waals surface area contributed by atoms with Crippen LogP contribution in [-0.2, 0) is 0 Å². The summed E-state index contributed by atoms with van der Waals surface area (Å²) in [6.07, 6.45) is 1.14. The number of nitrogens with zero attached hydrogens (tertiary/aromatic N) is 1. The van der Waals surface area contributed by atoms with Gasteiger partial charge in [0.25, 0.3) is 0 Å². The van der Waals surface area contributed by atoms with Gasteiger partial charge in [-0.25, -0.2) is 0 Å². The molecule has 0 radical (unpaired) electrons. The maximum atomic E-state index is 10.4. The third kappa shape index (κ3) is 2.71. The molecule has 0 saturated heterocycles. The van der Waals surface area contributed by atoms with E-state index in [1.165, 1.54) is 0 Å². The predicted molar refractivity (Wildman–Crippen MR) is 73.8 cm³/mol. The number of pyridine rings is 1. The standard InChI is InChI=1S/C15H16ClNO/c1-10-6-7-12(16)9-13(10)15(18)11(2)14-5-3-4-8-17-14/h3-9,11,15,18H,1-2H3. The van der Waals surface area contributed by atoms with Crippen LogP contribution in [0.2, 0.25) is 5.02 Å². The first kappa shape index (κ1) is 13.1. The normalized spacial score (nSPS) is 14.2. The van der Waals surface area contributed by atoms with E-state index < -0.39 is 6.10 Å². The van der Waals surface area contributed by atoms with Crippen molar-refractivity contribution in [2.75, 3.05) is 0 Å². The number of aliphatic hydroxyl groups is 1. The van der Waals surface area contributed by atoms with Crippen molar-refractivity contribution in [2.45, 2.75) is 25.9 Å². The summed E-state index contributed by atoms with van der Waals surface area (Å²) < 4.78 is 0. The summed E-state index contributed by atoms with van der Waals surface area (Å²) in [6.45, 7) is 3.94. The van der Waals surface area contributed by atoms with E-state index in [-0.39, 0.29) is 5.92 Å². The second kappa shape index (κ2) is 5.51. The molecule has 1 aromatic carbocycles. The van der Waals surface area contributed by atoms with Gasteiger partial charge in [0.2, 0.25) is 0 Å². The van der Waals surface area contributed by atoms with E-state index in [0.29, 0.717) is 5.02 Å². The lowest BCUT2D eigenvalue weighted by atomic mass is 9.91. The molecular formula is C15H16ClNO. The molecule has 0 aliphatic carbocycles. The van der Waals surface area contributed by atoms with Gasteiger partial charge in [0, 0.05) is 22.8 Å². The SMILES string of the molecule is Cc1ccc(Cl)cc1C(O)C(C)c1ccccn1. The van der Waals surface area contributed by atoms with Gasteiger partial charge in [0.15, 0.2) is 0 Å². The first-order chi connectivity index (χ1) is 8.59. The zero-order valence-corrected chi connectivity index (χ0v) is 11.2. The molecule has 2 unspecified atom stereocenters. The third-order valence-corrected chi connectivity index (χ3v) is 3.42. The number of aliphatic hydroxyl groups excluding tert-OH is 1. The maximum absolute atomic E-state index is 10.4. The van der Waals surface area contributed by atoms with Crippen molar-refractivity contribution in [3.8, 4) is 0 Å². The molecule has 0 amide bonds. The minimum Gasteiger partial charge on any atom is -0.388 e. The Balaban J connectivity index is 2.31. The molecule has 2 aromatic rings. The Morgan fingerprint density at radius 1 is 1.22 bits per heavy atom. The number of halogens is 1. The maximum Gasteiger partial charge on any atom is 0.0874 e. The van der Waals surface area contributed by atoms with E-state index in [9.17, 15) is 5.11 Å². The Morgan fingerprint density at radius 2 is 2.00 bits per heavy atom. The van der Waals surface area contributed by atoms with Gasteiger partial charge in [-0.15, -0.1) is 0 Å². The zero-order valence-electron chi connectivity index (χ0n) is 10.5. The lowest BCUT2D eigenvalue weighted by molar-refractivity contribution is 0.149. The zero-order chi connectivity index (χ0) is 13.1. The van der Waals surface area contributed by atoms with Gasteiger partial charge in [-0.3, -0.25) is 4.98 Å². The molecule has 94 valence electrons. The van der Waals surface area contributed by atoms with Gasteiger partial charge >= 0.3 is 0 Å². The van der Waals surface area contributed by atoms with Gasteiger partial charge < -0.3 is 5.11 Å².